The van der Waals surface area contributed by atoms with Crippen molar-refractivity contribution in [2.45, 2.75) is 17.4 Å². The van der Waals surface area contributed by atoms with Gasteiger partial charge in [-0.2, -0.15) is 0 Å². The zero-order chi connectivity index (χ0) is 12.0. The minimum absolute atomic E-state index is 0.133. The first-order chi connectivity index (χ1) is 7.65. The Morgan fingerprint density at radius 3 is 3.06 bits per heavy atom. The minimum Gasteiger partial charge on any atom is -0.468 e. The number of imidazole rings is 1. The van der Waals surface area contributed by atoms with E-state index in [4.69, 9.17) is 0 Å². The van der Waals surface area contributed by atoms with E-state index in [-0.39, 0.29) is 9.89 Å². The fourth-order valence-electron chi connectivity index (χ4n) is 1.28. The van der Waals surface area contributed by atoms with Gasteiger partial charge in [-0.25, -0.2) is 4.98 Å². The van der Waals surface area contributed by atoms with Gasteiger partial charge in [0.25, 0.3) is 0 Å². The number of hydrogen-bond acceptors (Lipinski definition) is 4. The monoisotopic (exact) mass is 337 g/mol. The summed E-state index contributed by atoms with van der Waals surface area (Å²) in [7, 11) is 1.41. The van der Waals surface area contributed by atoms with E-state index in [1.807, 2.05) is 13.1 Å². The lowest BCUT2D eigenvalue weighted by Gasteiger charge is -2.10. The van der Waals surface area contributed by atoms with Crippen LogP contribution in [0.4, 0.5) is 0 Å². The fourth-order valence-corrected chi connectivity index (χ4v) is 1.85. The summed E-state index contributed by atoms with van der Waals surface area (Å²) in [5.74, 6) is 0.813. The second-order valence-corrected chi connectivity index (χ2v) is 4.87. The van der Waals surface area contributed by atoms with Crippen LogP contribution >= 0.6 is 22.6 Å². The average molecular weight is 337 g/mol. The third-order valence-corrected chi connectivity index (χ3v) is 3.18. The summed E-state index contributed by atoms with van der Waals surface area (Å²) in [5.41, 5.74) is 0. The Bertz CT molecular complexity index is 341. The van der Waals surface area contributed by atoms with Gasteiger partial charge in [-0.1, -0.05) is 22.6 Å². The number of carbonyl (C=O) groups excluding carboxylic acids is 1. The van der Waals surface area contributed by atoms with Crippen molar-refractivity contribution >= 4 is 28.6 Å². The van der Waals surface area contributed by atoms with Crippen molar-refractivity contribution in [2.24, 2.45) is 0 Å². The first kappa shape index (κ1) is 13.4. The molecule has 6 heteroatoms. The van der Waals surface area contributed by atoms with E-state index in [2.05, 4.69) is 42.2 Å². The Labute approximate surface area is 109 Å². The quantitative estimate of drug-likeness (QED) is 0.360. The molecule has 1 heterocycles. The van der Waals surface area contributed by atoms with Crippen LogP contribution in [0.1, 0.15) is 5.82 Å². The normalized spacial score (nSPS) is 12.4. The van der Waals surface area contributed by atoms with E-state index in [1.54, 1.807) is 6.20 Å². The Morgan fingerprint density at radius 2 is 2.50 bits per heavy atom. The highest BCUT2D eigenvalue weighted by Gasteiger charge is 2.13. The second kappa shape index (κ2) is 6.85. The van der Waals surface area contributed by atoms with Crippen LogP contribution in [0.25, 0.3) is 0 Å². The molecule has 0 amide bonds. The van der Waals surface area contributed by atoms with E-state index < -0.39 is 0 Å². The topological polar surface area (TPSA) is 56.1 Å². The predicted octanol–water partition coefficient (Wildman–Crippen LogP) is 0.758. The summed E-state index contributed by atoms with van der Waals surface area (Å²) in [4.78, 5) is 15.2. The van der Waals surface area contributed by atoms with Crippen LogP contribution in [-0.2, 0) is 16.1 Å². The van der Waals surface area contributed by atoms with Crippen molar-refractivity contribution in [3.05, 3.63) is 18.2 Å². The molecule has 1 unspecified atom stereocenters. The van der Waals surface area contributed by atoms with Gasteiger partial charge in [0.2, 0.25) is 0 Å². The van der Waals surface area contributed by atoms with Crippen LogP contribution in [0.3, 0.4) is 0 Å². The summed E-state index contributed by atoms with van der Waals surface area (Å²) in [5, 5.41) is 3.21. The van der Waals surface area contributed by atoms with Crippen molar-refractivity contribution in [3.63, 3.8) is 0 Å². The van der Waals surface area contributed by atoms with Crippen molar-refractivity contribution in [1.82, 2.24) is 14.9 Å². The van der Waals surface area contributed by atoms with Crippen LogP contribution in [-0.4, -0.2) is 39.6 Å². The zero-order valence-corrected chi connectivity index (χ0v) is 11.6. The van der Waals surface area contributed by atoms with Gasteiger partial charge in [-0.05, 0) is 6.92 Å². The lowest BCUT2D eigenvalue weighted by molar-refractivity contribution is -0.139. The van der Waals surface area contributed by atoms with Crippen LogP contribution in [0, 0.1) is 6.92 Å². The van der Waals surface area contributed by atoms with Crippen LogP contribution in [0.2, 0.25) is 0 Å². The number of methoxy groups -OCH3 is 1. The summed E-state index contributed by atoms with van der Waals surface area (Å²) < 4.78 is 6.56. The van der Waals surface area contributed by atoms with Crippen molar-refractivity contribution in [1.29, 1.82) is 0 Å². The second-order valence-electron chi connectivity index (χ2n) is 3.36. The van der Waals surface area contributed by atoms with Crippen molar-refractivity contribution in [2.75, 3.05) is 20.2 Å². The third kappa shape index (κ3) is 4.09. The van der Waals surface area contributed by atoms with Gasteiger partial charge in [0.05, 0.1) is 7.11 Å². The number of nitrogens with one attached hydrogen (secondary N) is 1. The Morgan fingerprint density at radius 1 is 1.75 bits per heavy atom. The molecule has 5 nitrogen and oxygen atoms in total. The fraction of sp³-hybridized carbons (Fsp3) is 0.600. The van der Waals surface area contributed by atoms with Gasteiger partial charge in [0, 0.05) is 32.0 Å². The molecule has 0 fully saturated rings. The summed E-state index contributed by atoms with van der Waals surface area (Å²) >= 11 is 2.07. The molecule has 90 valence electrons. The number of ether oxygens (including phenoxy) is 1. The van der Waals surface area contributed by atoms with Gasteiger partial charge in [-0.3, -0.25) is 4.79 Å². The maximum atomic E-state index is 11.1. The molecule has 1 aromatic rings. The molecular weight excluding hydrogens is 321 g/mol. The van der Waals surface area contributed by atoms with Gasteiger partial charge in [0.1, 0.15) is 9.75 Å². The molecule has 0 aliphatic heterocycles. The molecule has 0 bridgehead atoms. The largest absolute Gasteiger partial charge is 0.468 e. The van der Waals surface area contributed by atoms with Crippen LogP contribution in [0.15, 0.2) is 12.4 Å². The molecule has 0 radical (unpaired) electrons. The first-order valence-electron chi connectivity index (χ1n) is 5.05. The van der Waals surface area contributed by atoms with Crippen molar-refractivity contribution < 1.29 is 9.53 Å². The summed E-state index contributed by atoms with van der Waals surface area (Å²) in [6, 6.07) is 0. The van der Waals surface area contributed by atoms with Crippen molar-refractivity contribution in [3.8, 4) is 0 Å². The number of aryl methyl sites for hydroxylation is 1. The lowest BCUT2D eigenvalue weighted by Crippen LogP contribution is -2.31. The number of nitrogens with zero attached hydrogens (tertiary/aromatic N) is 2. The molecule has 0 aromatic carbocycles. The molecule has 16 heavy (non-hydrogen) atoms. The van der Waals surface area contributed by atoms with E-state index >= 15 is 0 Å². The maximum Gasteiger partial charge on any atom is 0.319 e. The molecule has 0 aliphatic rings. The standard InChI is InChI=1S/C10H16IN3O2/c1-8-13-4-6-14(8)5-3-12-7-9(11)10(15)16-2/h4,6,9,12H,3,5,7H2,1-2H3. The lowest BCUT2D eigenvalue weighted by atomic mass is 10.4. The first-order valence-corrected chi connectivity index (χ1v) is 6.30. The highest BCUT2D eigenvalue weighted by atomic mass is 127. The molecule has 1 atom stereocenters. The molecule has 0 saturated heterocycles. The maximum absolute atomic E-state index is 11.1. The Balaban J connectivity index is 2.17. The smallest absolute Gasteiger partial charge is 0.319 e. The van der Waals surface area contributed by atoms with Gasteiger partial charge in [0.15, 0.2) is 0 Å². The highest BCUT2D eigenvalue weighted by Crippen LogP contribution is 2.00. The highest BCUT2D eigenvalue weighted by molar-refractivity contribution is 14.1. The van der Waals surface area contributed by atoms with E-state index in [0.717, 1.165) is 18.9 Å². The molecule has 1 rings (SSSR count). The summed E-state index contributed by atoms with van der Waals surface area (Å²) in [6.45, 7) is 4.26. The van der Waals surface area contributed by atoms with E-state index in [9.17, 15) is 4.79 Å². The van der Waals surface area contributed by atoms with E-state index in [0.29, 0.717) is 6.54 Å². The van der Waals surface area contributed by atoms with Crippen LogP contribution in [0.5, 0.6) is 0 Å². The number of carbonyl (C=O) groups is 1. The van der Waals surface area contributed by atoms with Crippen LogP contribution < -0.4 is 5.32 Å². The Hall–Kier alpha value is -0.630. The summed E-state index contributed by atoms with van der Waals surface area (Å²) in [6.07, 6.45) is 3.73. The number of aromatic nitrogens is 2. The molecule has 1 aromatic heterocycles. The van der Waals surface area contributed by atoms with Gasteiger partial charge >= 0.3 is 5.97 Å². The molecule has 0 saturated carbocycles. The number of esters is 1. The number of halogens is 1. The third-order valence-electron chi connectivity index (χ3n) is 2.23. The predicted molar refractivity (Wildman–Crippen MR) is 69.7 cm³/mol. The number of rotatable bonds is 6. The van der Waals surface area contributed by atoms with Gasteiger partial charge < -0.3 is 14.6 Å². The number of alkyl halides is 1. The molecule has 0 aliphatic carbocycles. The number of hydrogen-bond donors (Lipinski definition) is 1. The molecular formula is C10H16IN3O2. The zero-order valence-electron chi connectivity index (χ0n) is 9.44. The molecule has 1 N–H and O–H groups in total. The SMILES string of the molecule is COC(=O)C(I)CNCCn1ccnc1C. The minimum atomic E-state index is -0.188. The van der Waals surface area contributed by atoms with E-state index in [1.165, 1.54) is 7.11 Å². The van der Waals surface area contributed by atoms with Gasteiger partial charge in [-0.15, -0.1) is 0 Å². The average Bonchev–Trinajstić information content (AvgIpc) is 2.69. The Kier molecular flexibility index (Phi) is 5.75. The molecule has 0 spiro atoms.